The second kappa shape index (κ2) is 7.17. The van der Waals surface area contributed by atoms with Crippen molar-refractivity contribution in [1.82, 2.24) is 0 Å². The van der Waals surface area contributed by atoms with Gasteiger partial charge in [-0.2, -0.15) is 8.42 Å². The number of aliphatic carboxylic acids is 1. The van der Waals surface area contributed by atoms with Crippen molar-refractivity contribution in [1.29, 1.82) is 0 Å². The lowest BCUT2D eigenvalue weighted by molar-refractivity contribution is -0.133. The van der Waals surface area contributed by atoms with Crippen LogP contribution in [0.1, 0.15) is 50.7 Å². The van der Waals surface area contributed by atoms with Crippen LogP contribution in [-0.2, 0) is 13.8 Å². The molecular formula is C14H21NO4S2. The van der Waals surface area contributed by atoms with Gasteiger partial charge in [-0.1, -0.05) is 45.9 Å². The van der Waals surface area contributed by atoms with Crippen molar-refractivity contribution in [2.45, 2.75) is 39.5 Å². The number of hydrogen-bond donors (Lipinski definition) is 2. The zero-order valence-electron chi connectivity index (χ0n) is 12.6. The fraction of sp³-hybridized carbons (Fsp3) is 0.500. The van der Waals surface area contributed by atoms with Crippen LogP contribution >= 0.6 is 10.8 Å². The van der Waals surface area contributed by atoms with Gasteiger partial charge in [0.2, 0.25) is 0 Å². The second-order valence-electron chi connectivity index (χ2n) is 5.33. The molecule has 0 fully saturated rings. The van der Waals surface area contributed by atoms with E-state index in [0.29, 0.717) is 16.5 Å². The number of nitrogens with one attached hydrogen (secondary N) is 1. The van der Waals surface area contributed by atoms with Gasteiger partial charge in [0.1, 0.15) is 5.75 Å². The Morgan fingerprint density at radius 3 is 2.05 bits per heavy atom. The second-order valence-corrected chi connectivity index (χ2v) is 8.99. The number of carbonyl (C=O) groups is 1. The predicted octanol–water partition coefficient (Wildman–Crippen LogP) is 3.41. The highest BCUT2D eigenvalue weighted by Gasteiger charge is 2.20. The highest BCUT2D eigenvalue weighted by Crippen LogP contribution is 2.34. The molecule has 2 N–H and O–H groups in total. The molecule has 0 spiro atoms. The van der Waals surface area contributed by atoms with E-state index < -0.39 is 20.8 Å². The quantitative estimate of drug-likeness (QED) is 0.748. The molecule has 0 radical (unpaired) electrons. The Morgan fingerprint density at radius 1 is 1.19 bits per heavy atom. The minimum Gasteiger partial charge on any atom is -0.481 e. The first kappa shape index (κ1) is 17.8. The van der Waals surface area contributed by atoms with E-state index in [-0.39, 0.29) is 11.8 Å². The van der Waals surface area contributed by atoms with Gasteiger partial charge >= 0.3 is 5.97 Å². The third-order valence-electron chi connectivity index (χ3n) is 2.94. The summed E-state index contributed by atoms with van der Waals surface area (Å²) in [5.74, 6) is -1.33. The molecule has 0 amide bonds. The van der Waals surface area contributed by atoms with Gasteiger partial charge in [-0.15, -0.1) is 0 Å². The molecule has 0 aromatic heterocycles. The Hall–Kier alpha value is -1.21. The van der Waals surface area contributed by atoms with E-state index in [0.717, 1.165) is 11.1 Å². The molecule has 1 aromatic carbocycles. The summed E-state index contributed by atoms with van der Waals surface area (Å²) in [5.41, 5.74) is 2.38. The number of hydrogen-bond acceptors (Lipinski definition) is 4. The summed E-state index contributed by atoms with van der Waals surface area (Å²) >= 11 is 0. The van der Waals surface area contributed by atoms with Crippen LogP contribution in [0.25, 0.3) is 0 Å². The normalized spacial score (nSPS) is 11.9. The number of para-hydroxylation sites is 1. The summed E-state index contributed by atoms with van der Waals surface area (Å²) in [5, 5.41) is 8.62. The number of benzene rings is 1. The average molecular weight is 331 g/mol. The van der Waals surface area contributed by atoms with Crippen molar-refractivity contribution in [3.05, 3.63) is 29.3 Å². The largest absolute Gasteiger partial charge is 0.481 e. The summed E-state index contributed by atoms with van der Waals surface area (Å²) in [7, 11) is -3.37. The Balaban J connectivity index is 3.19. The van der Waals surface area contributed by atoms with Crippen LogP contribution in [0, 0.1) is 0 Å². The van der Waals surface area contributed by atoms with Gasteiger partial charge in [-0.05, 0) is 23.0 Å². The third-order valence-corrected chi connectivity index (χ3v) is 5.60. The van der Waals surface area contributed by atoms with Gasteiger partial charge in [0, 0.05) is 10.8 Å². The summed E-state index contributed by atoms with van der Waals surface area (Å²) in [6.45, 7) is 7.95. The van der Waals surface area contributed by atoms with Crippen molar-refractivity contribution in [2.75, 3.05) is 10.5 Å². The molecule has 118 valence electrons. The zero-order valence-corrected chi connectivity index (χ0v) is 14.2. The van der Waals surface area contributed by atoms with Crippen LogP contribution in [0.15, 0.2) is 18.2 Å². The maximum absolute atomic E-state index is 12.0. The van der Waals surface area contributed by atoms with Crippen molar-refractivity contribution in [3.8, 4) is 0 Å². The molecule has 0 aliphatic rings. The predicted molar refractivity (Wildman–Crippen MR) is 87.3 cm³/mol. The minimum absolute atomic E-state index is 0.158. The first-order chi connectivity index (χ1) is 9.64. The molecule has 5 nitrogen and oxygen atoms in total. The summed E-state index contributed by atoms with van der Waals surface area (Å²) in [6, 6.07) is 5.68. The van der Waals surface area contributed by atoms with Crippen LogP contribution < -0.4 is 4.72 Å². The molecule has 21 heavy (non-hydrogen) atoms. The molecule has 0 atom stereocenters. The fourth-order valence-corrected chi connectivity index (χ4v) is 3.95. The maximum Gasteiger partial charge on any atom is 0.314 e. The van der Waals surface area contributed by atoms with Gasteiger partial charge in [-0.3, -0.25) is 9.52 Å². The molecule has 0 aliphatic heterocycles. The molecule has 7 heteroatoms. The molecule has 0 heterocycles. The molecule has 1 rings (SSSR count). The topological polar surface area (TPSA) is 83.5 Å². The van der Waals surface area contributed by atoms with Crippen LogP contribution in [0.2, 0.25) is 0 Å². The lowest BCUT2D eigenvalue weighted by atomic mass is 9.93. The highest BCUT2D eigenvalue weighted by molar-refractivity contribution is 8.72. The van der Waals surface area contributed by atoms with Crippen LogP contribution in [0.3, 0.4) is 0 Å². The first-order valence-corrected chi connectivity index (χ1v) is 9.64. The molecule has 0 bridgehead atoms. The number of anilines is 1. The molecule has 0 saturated heterocycles. The van der Waals surface area contributed by atoms with Crippen molar-refractivity contribution < 1.29 is 18.3 Å². The van der Waals surface area contributed by atoms with Crippen molar-refractivity contribution in [3.63, 3.8) is 0 Å². The number of rotatable bonds is 7. The lowest BCUT2D eigenvalue weighted by Gasteiger charge is -2.20. The Morgan fingerprint density at radius 2 is 1.67 bits per heavy atom. The summed E-state index contributed by atoms with van der Waals surface area (Å²) in [4.78, 5) is 10.5. The van der Waals surface area contributed by atoms with E-state index in [2.05, 4.69) is 4.72 Å². The fourth-order valence-electron chi connectivity index (χ4n) is 1.95. The van der Waals surface area contributed by atoms with Crippen molar-refractivity contribution in [2.24, 2.45) is 0 Å². The molecule has 1 aromatic rings. The highest BCUT2D eigenvalue weighted by atomic mass is 33.1. The Bertz CT molecular complexity index is 583. The van der Waals surface area contributed by atoms with Gasteiger partial charge in [0.05, 0.1) is 5.69 Å². The van der Waals surface area contributed by atoms with E-state index in [1.165, 1.54) is 0 Å². The van der Waals surface area contributed by atoms with Gasteiger partial charge in [-0.25, -0.2) is 0 Å². The maximum atomic E-state index is 12.0. The zero-order chi connectivity index (χ0) is 16.2. The summed E-state index contributed by atoms with van der Waals surface area (Å²) < 4.78 is 26.6. The monoisotopic (exact) mass is 331 g/mol. The SMILES string of the molecule is CC(C)c1cccc(C(C)C)c1NS(=O)(=O)SCC(=O)O. The third kappa shape index (κ3) is 5.24. The Kier molecular flexibility index (Phi) is 6.10. The van der Waals surface area contributed by atoms with Gasteiger partial charge < -0.3 is 5.11 Å². The molecule has 0 aliphatic carbocycles. The Labute approximate surface area is 129 Å². The van der Waals surface area contributed by atoms with Crippen LogP contribution in [0.4, 0.5) is 5.69 Å². The smallest absolute Gasteiger partial charge is 0.314 e. The summed E-state index contributed by atoms with van der Waals surface area (Å²) in [6.07, 6.45) is 0. The van der Waals surface area contributed by atoms with E-state index >= 15 is 0 Å². The van der Waals surface area contributed by atoms with Crippen LogP contribution in [-0.4, -0.2) is 25.2 Å². The minimum atomic E-state index is -3.76. The number of carboxylic acids is 1. The molecule has 0 saturated carbocycles. The van der Waals surface area contributed by atoms with Crippen molar-refractivity contribution >= 4 is 31.5 Å². The van der Waals surface area contributed by atoms with E-state index in [9.17, 15) is 13.2 Å². The standard InChI is InChI=1S/C14H21NO4S2/c1-9(2)11-6-5-7-12(10(3)4)14(11)15-21(18,19)20-8-13(16)17/h5-7,9-10,15H,8H2,1-4H3,(H,16,17). The molecule has 0 unspecified atom stereocenters. The average Bonchev–Trinajstić information content (AvgIpc) is 2.35. The number of carboxylic acid groups (broad SMARTS) is 1. The lowest BCUT2D eigenvalue weighted by Crippen LogP contribution is -2.15. The van der Waals surface area contributed by atoms with E-state index in [4.69, 9.17) is 5.11 Å². The molecular weight excluding hydrogens is 310 g/mol. The van der Waals surface area contributed by atoms with Gasteiger partial charge in [0.25, 0.3) is 9.06 Å². The van der Waals surface area contributed by atoms with E-state index in [1.807, 2.05) is 45.9 Å². The van der Waals surface area contributed by atoms with Crippen LogP contribution in [0.5, 0.6) is 0 Å². The first-order valence-electron chi connectivity index (χ1n) is 6.65. The van der Waals surface area contributed by atoms with E-state index in [1.54, 1.807) is 0 Å². The van der Waals surface area contributed by atoms with Gasteiger partial charge in [0.15, 0.2) is 0 Å².